The fourth-order valence-corrected chi connectivity index (χ4v) is 3.46. The lowest BCUT2D eigenvalue weighted by atomic mass is 10.1. The van der Waals surface area contributed by atoms with E-state index in [1.807, 2.05) is 30.3 Å². The van der Waals surface area contributed by atoms with E-state index in [1.54, 1.807) is 12.1 Å². The van der Waals surface area contributed by atoms with Gasteiger partial charge in [0.1, 0.15) is 0 Å². The number of carbonyl (C=O) groups is 2. The topological polar surface area (TPSA) is 89.5 Å². The van der Waals surface area contributed by atoms with Crippen molar-refractivity contribution < 1.29 is 22.7 Å². The van der Waals surface area contributed by atoms with Gasteiger partial charge in [-0.3, -0.25) is 4.79 Å². The molecule has 0 aromatic heterocycles. The lowest BCUT2D eigenvalue weighted by Crippen LogP contribution is -2.21. The molecule has 3 aromatic carbocycles. The quantitative estimate of drug-likeness (QED) is 0.639. The summed E-state index contributed by atoms with van der Waals surface area (Å²) < 4.78 is 28.3. The first-order valence-corrected chi connectivity index (χ1v) is 10.5. The molecule has 1 N–H and O–H groups in total. The van der Waals surface area contributed by atoms with Crippen molar-refractivity contribution in [2.24, 2.45) is 0 Å². The number of nitrogens with one attached hydrogen (secondary N) is 1. The number of sulfone groups is 1. The molecule has 144 valence electrons. The molecule has 0 spiro atoms. The molecule has 0 aliphatic carbocycles. The van der Waals surface area contributed by atoms with Crippen molar-refractivity contribution in [1.29, 1.82) is 0 Å². The Morgan fingerprint density at radius 3 is 2.50 bits per heavy atom. The van der Waals surface area contributed by atoms with Gasteiger partial charge in [-0.2, -0.15) is 0 Å². The minimum Gasteiger partial charge on any atom is -0.452 e. The van der Waals surface area contributed by atoms with Gasteiger partial charge in [0.25, 0.3) is 5.91 Å². The number of benzene rings is 3. The zero-order valence-electron chi connectivity index (χ0n) is 14.8. The van der Waals surface area contributed by atoms with Crippen molar-refractivity contribution in [3.63, 3.8) is 0 Å². The molecule has 0 atom stereocenters. The summed E-state index contributed by atoms with van der Waals surface area (Å²) in [5.74, 6) is -1.41. The van der Waals surface area contributed by atoms with E-state index in [4.69, 9.17) is 16.3 Å². The van der Waals surface area contributed by atoms with Crippen molar-refractivity contribution in [3.8, 4) is 0 Å². The summed E-state index contributed by atoms with van der Waals surface area (Å²) in [6, 6.07) is 16.7. The minimum absolute atomic E-state index is 0.0341. The SMILES string of the molecule is CS(=O)(=O)c1ccc(Cl)c(C(=O)OCC(=O)Nc2cccc3ccccc23)c1. The molecule has 0 aliphatic rings. The molecule has 0 aliphatic heterocycles. The third-order valence-corrected chi connectivity index (χ3v) is 5.42. The van der Waals surface area contributed by atoms with Crippen LogP contribution in [0.1, 0.15) is 10.4 Å². The van der Waals surface area contributed by atoms with Crippen LogP contribution in [0.5, 0.6) is 0 Å². The maximum atomic E-state index is 12.2. The fourth-order valence-electron chi connectivity index (χ4n) is 2.62. The average molecular weight is 418 g/mol. The second-order valence-electron chi connectivity index (χ2n) is 6.06. The Balaban J connectivity index is 1.70. The van der Waals surface area contributed by atoms with E-state index in [9.17, 15) is 18.0 Å². The number of amides is 1. The second-order valence-corrected chi connectivity index (χ2v) is 8.49. The maximum absolute atomic E-state index is 12.2. The van der Waals surface area contributed by atoms with Gasteiger partial charge in [-0.15, -0.1) is 0 Å². The summed E-state index contributed by atoms with van der Waals surface area (Å²) >= 11 is 5.96. The van der Waals surface area contributed by atoms with E-state index in [1.165, 1.54) is 12.1 Å². The maximum Gasteiger partial charge on any atom is 0.340 e. The number of hydrogen-bond donors (Lipinski definition) is 1. The number of carbonyl (C=O) groups excluding carboxylic acids is 2. The molecular formula is C20H16ClNO5S. The van der Waals surface area contributed by atoms with Gasteiger partial charge in [-0.1, -0.05) is 48.0 Å². The van der Waals surface area contributed by atoms with Gasteiger partial charge in [0, 0.05) is 17.3 Å². The molecule has 1 amide bonds. The van der Waals surface area contributed by atoms with Crippen LogP contribution in [0.15, 0.2) is 65.6 Å². The number of halogens is 1. The van der Waals surface area contributed by atoms with E-state index in [0.717, 1.165) is 23.1 Å². The van der Waals surface area contributed by atoms with Crippen LogP contribution in [0.3, 0.4) is 0 Å². The Labute approximate surface area is 167 Å². The Kier molecular flexibility index (Phi) is 5.67. The lowest BCUT2D eigenvalue weighted by Gasteiger charge is -2.10. The molecule has 0 fully saturated rings. The summed E-state index contributed by atoms with van der Waals surface area (Å²) in [4.78, 5) is 24.4. The summed E-state index contributed by atoms with van der Waals surface area (Å²) in [6.45, 7) is -0.540. The normalized spacial score (nSPS) is 11.2. The number of esters is 1. The molecule has 0 radical (unpaired) electrons. The molecule has 0 bridgehead atoms. The van der Waals surface area contributed by atoms with Gasteiger partial charge in [0.2, 0.25) is 0 Å². The molecule has 6 nitrogen and oxygen atoms in total. The Hall–Kier alpha value is -2.90. The van der Waals surface area contributed by atoms with Crippen LogP contribution in [0.4, 0.5) is 5.69 Å². The van der Waals surface area contributed by atoms with E-state index >= 15 is 0 Å². The summed E-state index contributed by atoms with van der Waals surface area (Å²) in [6.07, 6.45) is 1.02. The summed E-state index contributed by atoms with van der Waals surface area (Å²) in [5.41, 5.74) is 0.471. The van der Waals surface area contributed by atoms with Crippen molar-refractivity contribution in [2.45, 2.75) is 4.90 Å². The number of ether oxygens (including phenoxy) is 1. The Morgan fingerprint density at radius 2 is 1.75 bits per heavy atom. The lowest BCUT2D eigenvalue weighted by molar-refractivity contribution is -0.119. The van der Waals surface area contributed by atoms with Crippen molar-refractivity contribution in [2.75, 3.05) is 18.2 Å². The predicted octanol–water partition coefficient (Wildman–Crippen LogP) is 3.69. The van der Waals surface area contributed by atoms with Gasteiger partial charge in [0.05, 0.1) is 15.5 Å². The molecule has 0 unspecified atom stereocenters. The van der Waals surface area contributed by atoms with Crippen LogP contribution < -0.4 is 5.32 Å². The largest absolute Gasteiger partial charge is 0.452 e. The van der Waals surface area contributed by atoms with Crippen LogP contribution in [0, 0.1) is 0 Å². The molecule has 0 saturated heterocycles. The van der Waals surface area contributed by atoms with E-state index in [-0.39, 0.29) is 15.5 Å². The zero-order chi connectivity index (χ0) is 20.3. The summed E-state index contributed by atoms with van der Waals surface area (Å²) in [7, 11) is -3.51. The van der Waals surface area contributed by atoms with Gasteiger partial charge >= 0.3 is 5.97 Å². The number of anilines is 1. The van der Waals surface area contributed by atoms with Gasteiger partial charge in [-0.05, 0) is 29.7 Å². The zero-order valence-corrected chi connectivity index (χ0v) is 16.4. The first kappa shape index (κ1) is 19.9. The molecule has 28 heavy (non-hydrogen) atoms. The minimum atomic E-state index is -3.51. The fraction of sp³-hybridized carbons (Fsp3) is 0.100. The van der Waals surface area contributed by atoms with Crippen LogP contribution in [-0.2, 0) is 19.4 Å². The molecule has 3 rings (SSSR count). The summed E-state index contributed by atoms with van der Waals surface area (Å²) in [5, 5.41) is 4.55. The van der Waals surface area contributed by atoms with Crippen molar-refractivity contribution in [1.82, 2.24) is 0 Å². The molecule has 8 heteroatoms. The first-order chi connectivity index (χ1) is 13.3. The second kappa shape index (κ2) is 8.00. The molecule has 0 heterocycles. The van der Waals surface area contributed by atoms with Crippen LogP contribution in [-0.4, -0.2) is 33.2 Å². The Bertz CT molecular complexity index is 1170. The predicted molar refractivity (Wildman–Crippen MR) is 107 cm³/mol. The average Bonchev–Trinajstić information content (AvgIpc) is 2.66. The molecular weight excluding hydrogens is 402 g/mol. The van der Waals surface area contributed by atoms with Crippen LogP contribution in [0.2, 0.25) is 5.02 Å². The highest BCUT2D eigenvalue weighted by Crippen LogP contribution is 2.23. The van der Waals surface area contributed by atoms with E-state index in [0.29, 0.717) is 5.69 Å². The van der Waals surface area contributed by atoms with Crippen LogP contribution >= 0.6 is 11.6 Å². The van der Waals surface area contributed by atoms with Gasteiger partial charge in [-0.25, -0.2) is 13.2 Å². The van der Waals surface area contributed by atoms with E-state index < -0.39 is 28.3 Å². The molecule has 0 saturated carbocycles. The monoisotopic (exact) mass is 417 g/mol. The van der Waals surface area contributed by atoms with Crippen LogP contribution in [0.25, 0.3) is 10.8 Å². The highest BCUT2D eigenvalue weighted by atomic mass is 35.5. The first-order valence-electron chi connectivity index (χ1n) is 8.20. The highest BCUT2D eigenvalue weighted by Gasteiger charge is 2.18. The van der Waals surface area contributed by atoms with Crippen molar-refractivity contribution >= 4 is 49.8 Å². The Morgan fingerprint density at radius 1 is 1.04 bits per heavy atom. The number of fused-ring (bicyclic) bond motifs is 1. The van der Waals surface area contributed by atoms with Gasteiger partial charge < -0.3 is 10.1 Å². The van der Waals surface area contributed by atoms with Gasteiger partial charge in [0.15, 0.2) is 16.4 Å². The standard InChI is InChI=1S/C20H16ClNO5S/c1-28(25,26)14-9-10-17(21)16(11-14)20(24)27-12-19(23)22-18-8-4-6-13-5-2-3-7-15(13)18/h2-11H,12H2,1H3,(H,22,23). The van der Waals surface area contributed by atoms with E-state index in [2.05, 4.69) is 5.32 Å². The third kappa shape index (κ3) is 4.49. The molecule has 3 aromatic rings. The number of rotatable bonds is 5. The highest BCUT2D eigenvalue weighted by molar-refractivity contribution is 7.90. The number of hydrogen-bond acceptors (Lipinski definition) is 5. The smallest absolute Gasteiger partial charge is 0.340 e. The third-order valence-electron chi connectivity index (χ3n) is 3.98. The van der Waals surface area contributed by atoms with Crippen molar-refractivity contribution in [3.05, 3.63) is 71.2 Å².